The summed E-state index contributed by atoms with van der Waals surface area (Å²) < 4.78 is 22.2. The Morgan fingerprint density at radius 3 is 1.88 bits per heavy atom. The molecule has 0 amide bonds. The zero-order valence-corrected chi connectivity index (χ0v) is 19.7. The van der Waals surface area contributed by atoms with Gasteiger partial charge in [-0.15, -0.1) is 11.6 Å². The lowest BCUT2D eigenvalue weighted by molar-refractivity contribution is -0.167. The average molecular weight is 469 g/mol. The maximum absolute atomic E-state index is 12.4. The van der Waals surface area contributed by atoms with Gasteiger partial charge in [0.2, 0.25) is 5.60 Å². The highest BCUT2D eigenvalue weighted by Crippen LogP contribution is 2.30. The van der Waals surface area contributed by atoms with Crippen molar-refractivity contribution in [3.63, 3.8) is 0 Å². The highest BCUT2D eigenvalue weighted by atomic mass is 35.5. The molecule has 0 saturated carbocycles. The van der Waals surface area contributed by atoms with Gasteiger partial charge in [0.15, 0.2) is 0 Å². The van der Waals surface area contributed by atoms with E-state index >= 15 is 0 Å². The Morgan fingerprint density at radius 1 is 0.818 bits per heavy atom. The third-order valence-corrected chi connectivity index (χ3v) is 5.63. The first-order chi connectivity index (χ1) is 16.1. The molecule has 3 aromatic rings. The number of hydrogen-bond acceptors (Lipinski definition) is 5. The molecule has 0 aliphatic carbocycles. The molecule has 3 rings (SSSR count). The van der Waals surface area contributed by atoms with Crippen LogP contribution in [0.3, 0.4) is 0 Å². The van der Waals surface area contributed by atoms with E-state index in [-0.39, 0.29) is 12.5 Å². The molecule has 6 heteroatoms. The Labute approximate surface area is 200 Å². The van der Waals surface area contributed by atoms with Gasteiger partial charge in [0.25, 0.3) is 0 Å². The Hall–Kier alpha value is -3.02. The minimum atomic E-state index is -1.33. The molecule has 174 valence electrons. The molecule has 1 atom stereocenters. The quantitative estimate of drug-likeness (QED) is 0.190. The van der Waals surface area contributed by atoms with E-state index in [0.717, 1.165) is 17.7 Å². The lowest BCUT2D eigenvalue weighted by Crippen LogP contribution is -2.41. The van der Waals surface area contributed by atoms with Crippen LogP contribution in [0.2, 0.25) is 0 Å². The third kappa shape index (κ3) is 6.28. The largest absolute Gasteiger partial charge is 0.493 e. The van der Waals surface area contributed by atoms with Gasteiger partial charge in [0.1, 0.15) is 11.5 Å². The van der Waals surface area contributed by atoms with Crippen LogP contribution in [0.15, 0.2) is 78.9 Å². The highest BCUT2D eigenvalue weighted by Gasteiger charge is 2.41. The average Bonchev–Trinajstić information content (AvgIpc) is 2.87. The summed E-state index contributed by atoms with van der Waals surface area (Å²) >= 11 is 6.07. The second kappa shape index (κ2) is 12.3. The predicted octanol–water partition coefficient (Wildman–Crippen LogP) is 5.85. The first-order valence-electron chi connectivity index (χ1n) is 10.9. The highest BCUT2D eigenvalue weighted by molar-refractivity contribution is 6.20. The van der Waals surface area contributed by atoms with Gasteiger partial charge >= 0.3 is 5.97 Å². The van der Waals surface area contributed by atoms with E-state index in [1.165, 1.54) is 12.7 Å². The van der Waals surface area contributed by atoms with Crippen molar-refractivity contribution in [3.05, 3.63) is 84.4 Å². The molecule has 0 saturated heterocycles. The Morgan fingerprint density at radius 2 is 1.36 bits per heavy atom. The van der Waals surface area contributed by atoms with Crippen molar-refractivity contribution in [2.24, 2.45) is 0 Å². The number of carbonyl (C=O) groups is 1. The van der Waals surface area contributed by atoms with Crippen LogP contribution in [0.4, 0.5) is 0 Å². The van der Waals surface area contributed by atoms with Crippen molar-refractivity contribution < 1.29 is 23.7 Å². The number of methoxy groups -OCH3 is 1. The fraction of sp³-hybridized carbons (Fsp3) is 0.296. The van der Waals surface area contributed by atoms with Crippen LogP contribution in [0.1, 0.15) is 18.9 Å². The van der Waals surface area contributed by atoms with Gasteiger partial charge < -0.3 is 18.9 Å². The van der Waals surface area contributed by atoms with Crippen LogP contribution < -0.4 is 9.47 Å². The molecular weight excluding hydrogens is 440 g/mol. The van der Waals surface area contributed by atoms with E-state index in [2.05, 4.69) is 24.3 Å². The first-order valence-corrected chi connectivity index (χ1v) is 11.5. The van der Waals surface area contributed by atoms with Gasteiger partial charge in [-0.05, 0) is 47.9 Å². The van der Waals surface area contributed by atoms with E-state index in [0.29, 0.717) is 24.5 Å². The summed E-state index contributed by atoms with van der Waals surface area (Å²) in [6.07, 6.45) is 0.731. The van der Waals surface area contributed by atoms with Crippen molar-refractivity contribution in [2.75, 3.05) is 32.8 Å². The van der Waals surface area contributed by atoms with E-state index in [1.54, 1.807) is 31.2 Å². The number of benzene rings is 3. The van der Waals surface area contributed by atoms with Gasteiger partial charge in [-0.25, -0.2) is 4.79 Å². The summed E-state index contributed by atoms with van der Waals surface area (Å²) in [6, 6.07) is 25.4. The van der Waals surface area contributed by atoms with Crippen molar-refractivity contribution in [3.8, 4) is 22.6 Å². The Kier molecular flexibility index (Phi) is 9.16. The molecule has 0 heterocycles. The SMILES string of the molecule is CCOC(=O)C(CCl)(OC)c1ccc(OCCCOc2ccc(-c3ccccc3)cc2)cc1. The normalized spacial score (nSPS) is 12.6. The van der Waals surface area contributed by atoms with Gasteiger partial charge in [0, 0.05) is 13.5 Å². The molecule has 5 nitrogen and oxygen atoms in total. The minimum absolute atomic E-state index is 0.0494. The molecule has 3 aromatic carbocycles. The van der Waals surface area contributed by atoms with E-state index in [1.807, 2.05) is 30.3 Å². The number of ether oxygens (including phenoxy) is 4. The first kappa shape index (κ1) is 24.6. The van der Waals surface area contributed by atoms with Crippen molar-refractivity contribution in [1.82, 2.24) is 0 Å². The van der Waals surface area contributed by atoms with Gasteiger partial charge in [0.05, 0.1) is 25.7 Å². The molecule has 0 radical (unpaired) electrons. The molecular formula is C27H29ClO5. The number of carbonyl (C=O) groups excluding carboxylic acids is 1. The molecule has 1 unspecified atom stereocenters. The summed E-state index contributed by atoms with van der Waals surface area (Å²) in [5.41, 5.74) is 1.62. The van der Waals surface area contributed by atoms with Crippen LogP contribution in [0, 0.1) is 0 Å². The predicted molar refractivity (Wildman–Crippen MR) is 130 cm³/mol. The Bertz CT molecular complexity index is 983. The van der Waals surface area contributed by atoms with E-state index in [9.17, 15) is 4.79 Å². The maximum Gasteiger partial charge on any atom is 0.344 e. The number of rotatable bonds is 12. The number of alkyl halides is 1. The molecule has 0 spiro atoms. The molecule has 0 bridgehead atoms. The van der Waals surface area contributed by atoms with Crippen LogP contribution in [0.5, 0.6) is 11.5 Å². The van der Waals surface area contributed by atoms with Crippen molar-refractivity contribution >= 4 is 17.6 Å². The van der Waals surface area contributed by atoms with Gasteiger partial charge in [-0.3, -0.25) is 0 Å². The number of esters is 1. The zero-order valence-electron chi connectivity index (χ0n) is 19.0. The monoisotopic (exact) mass is 468 g/mol. The molecule has 0 aromatic heterocycles. The standard InChI is InChI=1S/C27H29ClO5/c1-3-31-26(29)27(20-28,30-2)23-12-16-25(17-13-23)33-19-7-18-32-24-14-10-22(11-15-24)21-8-5-4-6-9-21/h4-6,8-17H,3,7,18-20H2,1-2H3. The number of halogens is 1. The fourth-order valence-electron chi connectivity index (χ4n) is 3.39. The molecule has 0 aliphatic heterocycles. The molecule has 0 aliphatic rings. The Balaban J connectivity index is 1.46. The lowest BCUT2D eigenvalue weighted by atomic mass is 9.95. The fourth-order valence-corrected chi connectivity index (χ4v) is 3.76. The second-order valence-corrected chi connectivity index (χ2v) is 7.62. The third-order valence-electron chi connectivity index (χ3n) is 5.25. The zero-order chi connectivity index (χ0) is 23.5. The van der Waals surface area contributed by atoms with Gasteiger partial charge in [-0.2, -0.15) is 0 Å². The molecule has 0 fully saturated rings. The maximum atomic E-state index is 12.4. The summed E-state index contributed by atoms with van der Waals surface area (Å²) in [6.45, 7) is 3.04. The number of hydrogen-bond donors (Lipinski definition) is 0. The van der Waals surface area contributed by atoms with Crippen molar-refractivity contribution in [2.45, 2.75) is 18.9 Å². The molecule has 0 N–H and O–H groups in total. The molecule has 33 heavy (non-hydrogen) atoms. The van der Waals surface area contributed by atoms with Crippen molar-refractivity contribution in [1.29, 1.82) is 0 Å². The van der Waals surface area contributed by atoms with Crippen LogP contribution in [-0.2, 0) is 19.9 Å². The lowest BCUT2D eigenvalue weighted by Gasteiger charge is -2.28. The summed E-state index contributed by atoms with van der Waals surface area (Å²) in [5, 5.41) is 0. The van der Waals surface area contributed by atoms with Crippen LogP contribution in [0.25, 0.3) is 11.1 Å². The summed E-state index contributed by atoms with van der Waals surface area (Å²) in [4.78, 5) is 12.4. The minimum Gasteiger partial charge on any atom is -0.493 e. The van der Waals surface area contributed by atoms with Crippen LogP contribution in [-0.4, -0.2) is 38.8 Å². The van der Waals surface area contributed by atoms with E-state index in [4.69, 9.17) is 30.5 Å². The van der Waals surface area contributed by atoms with Crippen LogP contribution >= 0.6 is 11.6 Å². The smallest absolute Gasteiger partial charge is 0.344 e. The second-order valence-electron chi connectivity index (χ2n) is 7.35. The topological polar surface area (TPSA) is 54.0 Å². The van der Waals surface area contributed by atoms with Gasteiger partial charge in [-0.1, -0.05) is 54.6 Å². The summed E-state index contributed by atoms with van der Waals surface area (Å²) in [5.74, 6) is 0.959. The summed E-state index contributed by atoms with van der Waals surface area (Å²) in [7, 11) is 1.44. The van der Waals surface area contributed by atoms with E-state index < -0.39 is 11.6 Å².